The van der Waals surface area contributed by atoms with Crippen LogP contribution in [0.5, 0.6) is 0 Å². The third-order valence-corrected chi connectivity index (χ3v) is 8.57. The molecule has 0 saturated carbocycles. The number of nitriles is 1. The minimum atomic E-state index is -1.28. The summed E-state index contributed by atoms with van der Waals surface area (Å²) in [4.78, 5) is 24.2. The van der Waals surface area contributed by atoms with Crippen molar-refractivity contribution in [3.05, 3.63) is 58.6 Å². The van der Waals surface area contributed by atoms with Gasteiger partial charge < -0.3 is 19.8 Å². The van der Waals surface area contributed by atoms with Gasteiger partial charge in [-0.05, 0) is 36.7 Å². The van der Waals surface area contributed by atoms with Crippen LogP contribution in [0, 0.1) is 23.0 Å². The molecule has 0 aliphatic carbocycles. The van der Waals surface area contributed by atoms with Crippen LogP contribution in [0.25, 0.3) is 16.8 Å². The van der Waals surface area contributed by atoms with Gasteiger partial charge in [0.15, 0.2) is 10.9 Å². The topological polar surface area (TPSA) is 104 Å². The van der Waals surface area contributed by atoms with Crippen LogP contribution >= 0.6 is 11.3 Å². The summed E-state index contributed by atoms with van der Waals surface area (Å²) in [6.45, 7) is 4.93. The van der Waals surface area contributed by atoms with Gasteiger partial charge in [-0.1, -0.05) is 18.3 Å². The standard InChI is InChI=1S/C29H30F2N8O2S/c1-3-22-28(35(2)29-33-27(25(13-32)42-29)18-4-6-19(30)7-5-18)24-12-23(21(31)16-39(24)34-22)37-10-8-36(9-11-37)17-26(41)38-14-20(40)15-38/h4-7,12,16,20,40H,3,8-11,14-15,17H2,1-2H3/i4D,5D,6D,7D. The summed E-state index contributed by atoms with van der Waals surface area (Å²) >= 11 is 0.969. The van der Waals surface area contributed by atoms with Crippen LogP contribution in [-0.4, -0.2) is 94.4 Å². The van der Waals surface area contributed by atoms with E-state index in [4.69, 9.17) is 5.48 Å². The number of rotatable bonds is 7. The molecule has 3 aromatic heterocycles. The first-order valence-corrected chi connectivity index (χ1v) is 14.3. The number of thiazole rings is 1. The summed E-state index contributed by atoms with van der Waals surface area (Å²) in [7, 11) is 1.70. The van der Waals surface area contributed by atoms with Crippen LogP contribution in [0.15, 0.2) is 36.4 Å². The Labute approximate surface area is 251 Å². The molecule has 1 N–H and O–H groups in total. The highest BCUT2D eigenvalue weighted by Gasteiger charge is 2.31. The molecule has 42 heavy (non-hydrogen) atoms. The number of aromatic nitrogens is 3. The van der Waals surface area contributed by atoms with E-state index in [0.29, 0.717) is 68.3 Å². The fourth-order valence-electron chi connectivity index (χ4n) is 5.24. The maximum absolute atomic E-state index is 15.5. The molecule has 1 amide bonds. The van der Waals surface area contributed by atoms with Crippen molar-refractivity contribution in [1.82, 2.24) is 24.4 Å². The number of piperazine rings is 1. The number of aliphatic hydroxyl groups is 1. The van der Waals surface area contributed by atoms with Crippen LogP contribution in [0.2, 0.25) is 0 Å². The molecule has 10 nitrogen and oxygen atoms in total. The van der Waals surface area contributed by atoms with Gasteiger partial charge in [-0.15, -0.1) is 0 Å². The van der Waals surface area contributed by atoms with E-state index < -0.39 is 41.9 Å². The number of anilines is 3. The van der Waals surface area contributed by atoms with Crippen molar-refractivity contribution in [3.8, 4) is 17.3 Å². The Morgan fingerprint density at radius 3 is 2.60 bits per heavy atom. The maximum atomic E-state index is 15.5. The predicted octanol–water partition coefficient (Wildman–Crippen LogP) is 3.26. The third kappa shape index (κ3) is 5.17. The van der Waals surface area contributed by atoms with Crippen molar-refractivity contribution in [2.45, 2.75) is 19.4 Å². The number of carbonyl (C=O) groups excluding carboxylic acids is 1. The minimum absolute atomic E-state index is 0.0251. The Kier molecular flexibility index (Phi) is 6.30. The molecule has 2 fully saturated rings. The largest absolute Gasteiger partial charge is 0.389 e. The average molecular weight is 597 g/mol. The van der Waals surface area contributed by atoms with Gasteiger partial charge in [0.1, 0.15) is 22.5 Å². The summed E-state index contributed by atoms with van der Waals surface area (Å²) in [6, 6.07) is 0.743. The van der Waals surface area contributed by atoms with Crippen LogP contribution in [0.3, 0.4) is 0 Å². The van der Waals surface area contributed by atoms with Gasteiger partial charge in [-0.2, -0.15) is 10.4 Å². The van der Waals surface area contributed by atoms with E-state index in [2.05, 4.69) is 10.1 Å². The first-order chi connectivity index (χ1) is 21.9. The SMILES string of the molecule is [2H]c1c([2H])c(-c2nc(N(C)c3c(CC)nn4cc(F)c(N5CCN(CC(=O)N6CC(O)C6)CC5)cc34)sc2C#N)c([2H])c([2H])c1F. The van der Waals surface area contributed by atoms with Crippen molar-refractivity contribution in [3.63, 3.8) is 0 Å². The number of likely N-dealkylation sites (tertiary alicyclic amines) is 1. The molecule has 2 saturated heterocycles. The smallest absolute Gasteiger partial charge is 0.236 e. The fraction of sp³-hybridized carbons (Fsp3) is 0.379. The molecule has 0 spiro atoms. The fourth-order valence-corrected chi connectivity index (χ4v) is 6.08. The lowest BCUT2D eigenvalue weighted by atomic mass is 10.1. The Balaban J connectivity index is 1.31. The normalized spacial score (nSPS) is 17.4. The number of pyridine rings is 1. The number of benzene rings is 1. The van der Waals surface area contributed by atoms with Crippen molar-refractivity contribution in [2.24, 2.45) is 0 Å². The molecule has 0 bridgehead atoms. The van der Waals surface area contributed by atoms with E-state index in [1.54, 1.807) is 22.9 Å². The first kappa shape index (κ1) is 23.4. The molecule has 0 atom stereocenters. The average Bonchev–Trinajstić information content (AvgIpc) is 3.62. The van der Waals surface area contributed by atoms with Crippen molar-refractivity contribution < 1.29 is 24.2 Å². The third-order valence-electron chi connectivity index (χ3n) is 7.54. The van der Waals surface area contributed by atoms with Gasteiger partial charge in [-0.3, -0.25) is 9.69 Å². The van der Waals surface area contributed by atoms with Crippen LogP contribution in [0.4, 0.5) is 25.3 Å². The monoisotopic (exact) mass is 596 g/mol. The Bertz CT molecular complexity index is 1870. The van der Waals surface area contributed by atoms with Crippen molar-refractivity contribution in [1.29, 1.82) is 5.26 Å². The molecule has 0 radical (unpaired) electrons. The minimum Gasteiger partial charge on any atom is -0.389 e. The predicted molar refractivity (Wildman–Crippen MR) is 156 cm³/mol. The summed E-state index contributed by atoms with van der Waals surface area (Å²) < 4.78 is 63.5. The number of β-amino-alcohol motifs (C(OH)–C–C–N with tert-alkyl or cyclic N) is 1. The van der Waals surface area contributed by atoms with Gasteiger partial charge in [0.25, 0.3) is 0 Å². The second kappa shape index (κ2) is 11.3. The second-order valence-corrected chi connectivity index (χ2v) is 11.2. The number of amides is 1. The lowest BCUT2D eigenvalue weighted by molar-refractivity contribution is -0.142. The highest BCUT2D eigenvalue weighted by Crippen LogP contribution is 2.39. The Morgan fingerprint density at radius 2 is 1.95 bits per heavy atom. The van der Waals surface area contributed by atoms with E-state index in [1.165, 1.54) is 10.7 Å². The number of hydrogen-bond donors (Lipinski definition) is 1. The zero-order chi connectivity index (χ0) is 33.0. The molecule has 5 heterocycles. The molecular formula is C29H30F2N8O2S. The molecule has 2 aliphatic heterocycles. The molecule has 0 unspecified atom stereocenters. The van der Waals surface area contributed by atoms with Crippen LogP contribution in [-0.2, 0) is 11.2 Å². The molecule has 2 aliphatic rings. The van der Waals surface area contributed by atoms with Crippen molar-refractivity contribution in [2.75, 3.05) is 62.7 Å². The number of nitrogens with zero attached hydrogens (tertiary/aromatic N) is 8. The quantitative estimate of drug-likeness (QED) is 0.347. The Morgan fingerprint density at radius 1 is 1.24 bits per heavy atom. The van der Waals surface area contributed by atoms with Gasteiger partial charge >= 0.3 is 0 Å². The zero-order valence-corrected chi connectivity index (χ0v) is 23.8. The Hall–Kier alpha value is -4.12. The van der Waals surface area contributed by atoms with Gasteiger partial charge in [0, 0.05) is 51.9 Å². The molecular weight excluding hydrogens is 562 g/mol. The highest BCUT2D eigenvalue weighted by atomic mass is 32.1. The van der Waals surface area contributed by atoms with Gasteiger partial charge in [0.05, 0.1) is 46.9 Å². The molecule has 6 rings (SSSR count). The molecule has 4 aromatic rings. The molecule has 13 heteroatoms. The van der Waals surface area contributed by atoms with Crippen LogP contribution in [0.1, 0.15) is 23.0 Å². The lowest BCUT2D eigenvalue weighted by Gasteiger charge is -2.39. The summed E-state index contributed by atoms with van der Waals surface area (Å²) in [6.07, 6.45) is 1.34. The lowest BCUT2D eigenvalue weighted by Crippen LogP contribution is -2.57. The molecule has 218 valence electrons. The van der Waals surface area contributed by atoms with E-state index in [1.807, 2.05) is 22.8 Å². The number of hydrogen-bond acceptors (Lipinski definition) is 9. The zero-order valence-electron chi connectivity index (χ0n) is 27.0. The van der Waals surface area contributed by atoms with Crippen LogP contribution < -0.4 is 9.80 Å². The number of aliphatic hydroxyl groups excluding tert-OH is 1. The van der Waals surface area contributed by atoms with E-state index in [9.17, 15) is 19.6 Å². The maximum Gasteiger partial charge on any atom is 0.236 e. The number of carbonyl (C=O) groups is 1. The number of fused-ring (bicyclic) bond motifs is 1. The second-order valence-electron chi connectivity index (χ2n) is 10.2. The van der Waals surface area contributed by atoms with Gasteiger partial charge in [0.2, 0.25) is 5.91 Å². The highest BCUT2D eigenvalue weighted by molar-refractivity contribution is 7.16. The van der Waals surface area contributed by atoms with E-state index in [0.717, 1.165) is 11.3 Å². The number of halogens is 2. The number of aryl methyl sites for hydroxylation is 1. The van der Waals surface area contributed by atoms with E-state index in [-0.39, 0.29) is 33.7 Å². The summed E-state index contributed by atoms with van der Waals surface area (Å²) in [5.74, 6) is -1.78. The molecule has 1 aromatic carbocycles. The first-order valence-electron chi connectivity index (χ1n) is 15.5. The van der Waals surface area contributed by atoms with Gasteiger partial charge in [-0.25, -0.2) is 18.3 Å². The van der Waals surface area contributed by atoms with Crippen molar-refractivity contribution >= 4 is 39.3 Å². The van der Waals surface area contributed by atoms with E-state index >= 15 is 4.39 Å². The summed E-state index contributed by atoms with van der Waals surface area (Å²) in [5.41, 5.74) is 1.81. The summed E-state index contributed by atoms with van der Waals surface area (Å²) in [5, 5.41) is 24.2.